The Balaban J connectivity index is 2.03. The number of nitrogens with zero attached hydrogens (tertiary/aromatic N) is 2. The van der Waals surface area contributed by atoms with Crippen LogP contribution in [0.15, 0.2) is 18.2 Å². The number of aryl methyl sites for hydroxylation is 1. The number of esters is 1. The molecule has 9 nitrogen and oxygen atoms in total. The quantitative estimate of drug-likeness (QED) is 0.458. The molecule has 0 atom stereocenters. The second-order valence-electron chi connectivity index (χ2n) is 5.62. The fraction of sp³-hybridized carbons (Fsp3) is 0.312. The number of benzene rings is 1. The van der Waals surface area contributed by atoms with E-state index in [9.17, 15) is 25.0 Å². The molecule has 2 aromatic rings. The highest BCUT2D eigenvalue weighted by molar-refractivity contribution is 7.16. The molecule has 136 valence electrons. The summed E-state index contributed by atoms with van der Waals surface area (Å²) in [6, 6.07) is 3.35. The molecule has 1 aromatic carbocycles. The highest BCUT2D eigenvalue weighted by Crippen LogP contribution is 2.42. The molecule has 0 saturated heterocycles. The van der Waals surface area contributed by atoms with Gasteiger partial charge in [0.25, 0.3) is 11.4 Å². The molecular formula is C16H15N3O6S. The van der Waals surface area contributed by atoms with Crippen LogP contribution in [0.5, 0.6) is 0 Å². The Morgan fingerprint density at radius 2 is 2.04 bits per heavy atom. The Hall–Kier alpha value is -3.01. The minimum atomic E-state index is -0.694. The van der Waals surface area contributed by atoms with Crippen LogP contribution in [0.2, 0.25) is 0 Å². The summed E-state index contributed by atoms with van der Waals surface area (Å²) < 4.78 is 5.12. The van der Waals surface area contributed by atoms with Gasteiger partial charge in [0.15, 0.2) is 0 Å². The van der Waals surface area contributed by atoms with Gasteiger partial charge in [-0.05, 0) is 37.8 Å². The van der Waals surface area contributed by atoms with Crippen LogP contribution >= 0.6 is 11.3 Å². The molecular weight excluding hydrogens is 362 g/mol. The van der Waals surface area contributed by atoms with E-state index in [1.165, 1.54) is 23.5 Å². The lowest BCUT2D eigenvalue weighted by atomic mass is 10.1. The first-order chi connectivity index (χ1) is 12.4. The van der Waals surface area contributed by atoms with Gasteiger partial charge in [0.2, 0.25) is 0 Å². The second kappa shape index (κ2) is 7.08. The van der Waals surface area contributed by atoms with Crippen LogP contribution in [0.25, 0.3) is 0 Å². The SMILES string of the molecule is CCOC(=O)c1c(Nc2ccc([N+](=O)[O-])cc2[N+](=O)[O-])sc2c1CCC2. The Morgan fingerprint density at radius 3 is 2.69 bits per heavy atom. The third kappa shape index (κ3) is 3.23. The summed E-state index contributed by atoms with van der Waals surface area (Å²) in [5, 5.41) is 25.5. The molecule has 0 unspecified atom stereocenters. The maximum atomic E-state index is 12.4. The van der Waals surface area contributed by atoms with Crippen LogP contribution in [-0.2, 0) is 17.6 Å². The van der Waals surface area contributed by atoms with Gasteiger partial charge in [-0.2, -0.15) is 0 Å². The molecule has 3 rings (SSSR count). The molecule has 0 bridgehead atoms. The van der Waals surface area contributed by atoms with Crippen LogP contribution in [0.3, 0.4) is 0 Å². The van der Waals surface area contributed by atoms with Crippen LogP contribution in [0.4, 0.5) is 22.1 Å². The first-order valence-electron chi connectivity index (χ1n) is 7.93. The van der Waals surface area contributed by atoms with E-state index in [0.717, 1.165) is 35.8 Å². The average molecular weight is 377 g/mol. The molecule has 0 radical (unpaired) electrons. The summed E-state index contributed by atoms with van der Waals surface area (Å²) in [7, 11) is 0. The number of ether oxygens (including phenoxy) is 1. The summed E-state index contributed by atoms with van der Waals surface area (Å²) in [5.41, 5.74) is 0.604. The molecule has 26 heavy (non-hydrogen) atoms. The number of nitro benzene ring substituents is 2. The fourth-order valence-electron chi connectivity index (χ4n) is 2.92. The summed E-state index contributed by atoms with van der Waals surface area (Å²) in [6.45, 7) is 1.93. The second-order valence-corrected chi connectivity index (χ2v) is 6.73. The largest absolute Gasteiger partial charge is 0.462 e. The Kier molecular flexibility index (Phi) is 4.85. The summed E-state index contributed by atoms with van der Waals surface area (Å²) in [4.78, 5) is 34.2. The maximum absolute atomic E-state index is 12.4. The normalized spacial score (nSPS) is 12.5. The number of non-ortho nitro benzene ring substituents is 1. The minimum absolute atomic E-state index is 0.0890. The maximum Gasteiger partial charge on any atom is 0.341 e. The molecule has 1 aromatic heterocycles. The number of fused-ring (bicyclic) bond motifs is 1. The molecule has 0 amide bonds. The monoisotopic (exact) mass is 377 g/mol. The lowest BCUT2D eigenvalue weighted by Crippen LogP contribution is -2.08. The van der Waals surface area contributed by atoms with Gasteiger partial charge in [-0.25, -0.2) is 4.79 Å². The number of nitro groups is 2. The van der Waals surface area contributed by atoms with E-state index in [4.69, 9.17) is 4.74 Å². The number of hydrogen-bond donors (Lipinski definition) is 1. The van der Waals surface area contributed by atoms with Gasteiger partial charge in [0.05, 0.1) is 28.1 Å². The smallest absolute Gasteiger partial charge is 0.341 e. The zero-order valence-electron chi connectivity index (χ0n) is 13.8. The highest BCUT2D eigenvalue weighted by Gasteiger charge is 2.29. The van der Waals surface area contributed by atoms with Gasteiger partial charge < -0.3 is 10.1 Å². The van der Waals surface area contributed by atoms with Crippen LogP contribution in [0, 0.1) is 20.2 Å². The lowest BCUT2D eigenvalue weighted by molar-refractivity contribution is -0.393. The zero-order chi connectivity index (χ0) is 18.8. The van der Waals surface area contributed by atoms with Gasteiger partial charge in [0, 0.05) is 10.9 Å². The number of anilines is 2. The van der Waals surface area contributed by atoms with Crippen molar-refractivity contribution in [1.29, 1.82) is 0 Å². The first kappa shape index (κ1) is 17.8. The zero-order valence-corrected chi connectivity index (χ0v) is 14.6. The van der Waals surface area contributed by atoms with E-state index in [-0.39, 0.29) is 18.0 Å². The number of carbonyl (C=O) groups is 1. The van der Waals surface area contributed by atoms with Gasteiger partial charge in [0.1, 0.15) is 10.7 Å². The van der Waals surface area contributed by atoms with Crippen molar-refractivity contribution in [3.63, 3.8) is 0 Å². The van der Waals surface area contributed by atoms with Crippen molar-refractivity contribution in [1.82, 2.24) is 0 Å². The van der Waals surface area contributed by atoms with Crippen LogP contribution in [-0.4, -0.2) is 22.4 Å². The lowest BCUT2D eigenvalue weighted by Gasteiger charge is -2.09. The van der Waals surface area contributed by atoms with Gasteiger partial charge in [-0.3, -0.25) is 20.2 Å². The van der Waals surface area contributed by atoms with Crippen molar-refractivity contribution in [2.45, 2.75) is 26.2 Å². The summed E-state index contributed by atoms with van der Waals surface area (Å²) in [6.07, 6.45) is 2.55. The highest BCUT2D eigenvalue weighted by atomic mass is 32.1. The van der Waals surface area contributed by atoms with Gasteiger partial charge in [-0.15, -0.1) is 11.3 Å². The molecule has 0 aliphatic heterocycles. The van der Waals surface area contributed by atoms with Crippen molar-refractivity contribution < 1.29 is 19.4 Å². The standard InChI is InChI=1S/C16H15N3O6S/c1-2-25-16(20)14-10-4-3-5-13(10)26-15(14)17-11-7-6-9(18(21)22)8-12(11)19(23)24/h6-8,17H,2-5H2,1H3. The van der Waals surface area contributed by atoms with Crippen molar-refractivity contribution in [3.8, 4) is 0 Å². The molecule has 0 spiro atoms. The third-order valence-electron chi connectivity index (χ3n) is 4.04. The molecule has 1 heterocycles. The predicted molar refractivity (Wildman–Crippen MR) is 95.3 cm³/mol. The number of carbonyl (C=O) groups excluding carboxylic acids is 1. The molecule has 0 saturated carbocycles. The van der Waals surface area contributed by atoms with E-state index in [2.05, 4.69) is 5.32 Å². The van der Waals surface area contributed by atoms with E-state index in [1.54, 1.807) is 6.92 Å². The van der Waals surface area contributed by atoms with E-state index >= 15 is 0 Å². The van der Waals surface area contributed by atoms with E-state index in [1.807, 2.05) is 0 Å². The molecule has 10 heteroatoms. The number of nitrogens with one attached hydrogen (secondary N) is 1. The molecule has 1 aliphatic carbocycles. The van der Waals surface area contributed by atoms with Crippen molar-refractivity contribution in [2.75, 3.05) is 11.9 Å². The molecule has 0 fully saturated rings. The van der Waals surface area contributed by atoms with Gasteiger partial charge >= 0.3 is 5.97 Å². The minimum Gasteiger partial charge on any atom is -0.462 e. The third-order valence-corrected chi connectivity index (χ3v) is 5.25. The van der Waals surface area contributed by atoms with Crippen molar-refractivity contribution in [2.24, 2.45) is 0 Å². The number of thiophene rings is 1. The Labute approximate surface area is 151 Å². The number of hydrogen-bond acceptors (Lipinski definition) is 8. The van der Waals surface area contributed by atoms with Crippen LogP contribution in [0.1, 0.15) is 34.1 Å². The van der Waals surface area contributed by atoms with E-state index < -0.39 is 21.5 Å². The van der Waals surface area contributed by atoms with Crippen molar-refractivity contribution in [3.05, 3.63) is 54.4 Å². The molecule has 1 N–H and O–H groups in total. The topological polar surface area (TPSA) is 125 Å². The van der Waals surface area contributed by atoms with E-state index in [0.29, 0.717) is 10.6 Å². The van der Waals surface area contributed by atoms with Crippen molar-refractivity contribution >= 4 is 39.4 Å². The Morgan fingerprint density at radius 1 is 1.27 bits per heavy atom. The predicted octanol–water partition coefficient (Wildman–Crippen LogP) is 3.97. The van der Waals surface area contributed by atoms with Gasteiger partial charge in [-0.1, -0.05) is 0 Å². The average Bonchev–Trinajstić information content (AvgIpc) is 3.15. The number of rotatable bonds is 6. The summed E-state index contributed by atoms with van der Waals surface area (Å²) in [5.74, 6) is -0.473. The van der Waals surface area contributed by atoms with Crippen LogP contribution < -0.4 is 5.32 Å². The first-order valence-corrected chi connectivity index (χ1v) is 8.75. The summed E-state index contributed by atoms with van der Waals surface area (Å²) >= 11 is 1.36. The Bertz CT molecular complexity index is 908. The molecule has 1 aliphatic rings. The fourth-order valence-corrected chi connectivity index (χ4v) is 4.21.